The molecule has 0 atom stereocenters. The van der Waals surface area contributed by atoms with E-state index in [2.05, 4.69) is 63.3 Å². The Kier molecular flexibility index (Phi) is 2.63. The highest BCUT2D eigenvalue weighted by Crippen LogP contribution is 2.24. The minimum absolute atomic E-state index is 0.973. The van der Waals surface area contributed by atoms with Gasteiger partial charge in [-0.2, -0.15) is 0 Å². The van der Waals surface area contributed by atoms with Gasteiger partial charge in [0, 0.05) is 20.8 Å². The molecule has 0 saturated heterocycles. The zero-order valence-electron chi connectivity index (χ0n) is 9.39. The number of halogens is 1. The highest BCUT2D eigenvalue weighted by atomic mass is 127. The maximum Gasteiger partial charge on any atom is 0.137 e. The Morgan fingerprint density at radius 1 is 1.12 bits per heavy atom. The molecule has 3 heteroatoms. The number of aromatic nitrogens is 2. The molecule has 0 radical (unpaired) electrons. The van der Waals surface area contributed by atoms with Gasteiger partial charge in [0.05, 0.1) is 5.52 Å². The molecule has 1 aromatic carbocycles. The van der Waals surface area contributed by atoms with Crippen molar-refractivity contribution in [3.05, 3.63) is 57.9 Å². The lowest BCUT2D eigenvalue weighted by molar-refractivity contribution is 0.994. The smallest absolute Gasteiger partial charge is 0.137 e. The van der Waals surface area contributed by atoms with Gasteiger partial charge >= 0.3 is 0 Å². The van der Waals surface area contributed by atoms with Gasteiger partial charge in [-0.1, -0.05) is 6.07 Å². The molecular weight excluding hydrogens is 323 g/mol. The van der Waals surface area contributed by atoms with Crippen LogP contribution in [0.2, 0.25) is 0 Å². The van der Waals surface area contributed by atoms with Crippen molar-refractivity contribution in [2.24, 2.45) is 0 Å². The van der Waals surface area contributed by atoms with E-state index < -0.39 is 0 Å². The summed E-state index contributed by atoms with van der Waals surface area (Å²) in [7, 11) is 0. The first-order chi connectivity index (χ1) is 8.25. The summed E-state index contributed by atoms with van der Waals surface area (Å²) in [6.45, 7) is 2.11. The van der Waals surface area contributed by atoms with Crippen LogP contribution in [-0.2, 0) is 0 Å². The Labute approximate surface area is 113 Å². The molecule has 0 spiro atoms. The fourth-order valence-electron chi connectivity index (χ4n) is 2.11. The maximum absolute atomic E-state index is 4.42. The van der Waals surface area contributed by atoms with Gasteiger partial charge in [-0.05, 0) is 65.9 Å². The molecule has 3 aromatic rings. The van der Waals surface area contributed by atoms with E-state index >= 15 is 0 Å². The number of rotatable bonds is 1. The van der Waals surface area contributed by atoms with E-state index in [-0.39, 0.29) is 0 Å². The average molecular weight is 334 g/mol. The van der Waals surface area contributed by atoms with Crippen LogP contribution in [0.15, 0.2) is 48.7 Å². The third-order valence-corrected chi connectivity index (χ3v) is 3.50. The molecule has 84 valence electrons. The molecule has 17 heavy (non-hydrogen) atoms. The zero-order valence-corrected chi connectivity index (χ0v) is 11.5. The van der Waals surface area contributed by atoms with Crippen LogP contribution in [0.5, 0.6) is 0 Å². The highest BCUT2D eigenvalue weighted by molar-refractivity contribution is 14.1. The second kappa shape index (κ2) is 4.14. The van der Waals surface area contributed by atoms with Gasteiger partial charge in [-0.15, -0.1) is 0 Å². The van der Waals surface area contributed by atoms with Crippen LogP contribution in [0.4, 0.5) is 0 Å². The van der Waals surface area contributed by atoms with Crippen molar-refractivity contribution in [3.8, 4) is 5.82 Å². The number of hydrogen-bond donors (Lipinski definition) is 0. The Hall–Kier alpha value is -1.36. The average Bonchev–Trinajstić information content (AvgIpc) is 2.65. The SMILES string of the molecule is Cc1cc2cc(I)ccc2n1-c1ccccn1. The van der Waals surface area contributed by atoms with E-state index in [0.29, 0.717) is 0 Å². The van der Waals surface area contributed by atoms with E-state index in [9.17, 15) is 0 Å². The molecule has 0 bridgehead atoms. The Balaban J connectivity index is 2.33. The highest BCUT2D eigenvalue weighted by Gasteiger charge is 2.07. The Bertz CT molecular complexity index is 671. The van der Waals surface area contributed by atoms with Gasteiger partial charge in [0.2, 0.25) is 0 Å². The van der Waals surface area contributed by atoms with E-state index in [1.807, 2.05) is 24.4 Å². The quantitative estimate of drug-likeness (QED) is 0.617. The van der Waals surface area contributed by atoms with E-state index in [4.69, 9.17) is 0 Å². The predicted octanol–water partition coefficient (Wildman–Crippen LogP) is 3.94. The van der Waals surface area contributed by atoms with Crippen LogP contribution < -0.4 is 0 Å². The molecule has 0 aliphatic carbocycles. The van der Waals surface area contributed by atoms with Crippen molar-refractivity contribution in [2.45, 2.75) is 6.92 Å². The van der Waals surface area contributed by atoms with Gasteiger partial charge in [-0.3, -0.25) is 4.57 Å². The molecule has 0 amide bonds. The topological polar surface area (TPSA) is 17.8 Å². The third-order valence-electron chi connectivity index (χ3n) is 2.83. The van der Waals surface area contributed by atoms with Crippen LogP contribution in [-0.4, -0.2) is 9.55 Å². The number of nitrogens with zero attached hydrogens (tertiary/aromatic N) is 2. The summed E-state index contributed by atoms with van der Waals surface area (Å²) >= 11 is 2.34. The number of benzene rings is 1. The van der Waals surface area contributed by atoms with Crippen LogP contribution in [0.1, 0.15) is 5.69 Å². The standard InChI is InChI=1S/C14H11IN2/c1-10-8-11-9-12(15)5-6-13(11)17(10)14-4-2-3-7-16-14/h2-9H,1H3. The molecule has 2 heterocycles. The lowest BCUT2D eigenvalue weighted by Crippen LogP contribution is -1.98. The molecule has 2 aromatic heterocycles. The van der Waals surface area contributed by atoms with Crippen LogP contribution in [0.25, 0.3) is 16.7 Å². The third kappa shape index (κ3) is 1.84. The van der Waals surface area contributed by atoms with Crippen molar-refractivity contribution in [2.75, 3.05) is 0 Å². The van der Waals surface area contributed by atoms with Crippen molar-refractivity contribution in [1.82, 2.24) is 9.55 Å². The van der Waals surface area contributed by atoms with E-state index in [1.165, 1.54) is 20.2 Å². The maximum atomic E-state index is 4.42. The van der Waals surface area contributed by atoms with E-state index in [1.54, 1.807) is 0 Å². The Morgan fingerprint density at radius 2 is 2.00 bits per heavy atom. The summed E-state index contributed by atoms with van der Waals surface area (Å²) in [4.78, 5) is 4.42. The van der Waals surface area contributed by atoms with Crippen molar-refractivity contribution < 1.29 is 0 Å². The fourth-order valence-corrected chi connectivity index (χ4v) is 2.63. The predicted molar refractivity (Wildman–Crippen MR) is 78.5 cm³/mol. The van der Waals surface area contributed by atoms with Gasteiger partial charge < -0.3 is 0 Å². The largest absolute Gasteiger partial charge is 0.299 e. The van der Waals surface area contributed by atoms with Crippen LogP contribution >= 0.6 is 22.6 Å². The summed E-state index contributed by atoms with van der Waals surface area (Å²) in [5.74, 6) is 0.973. The molecule has 0 unspecified atom stereocenters. The summed E-state index contributed by atoms with van der Waals surface area (Å²) in [6.07, 6.45) is 1.83. The first kappa shape index (κ1) is 10.8. The van der Waals surface area contributed by atoms with Gasteiger partial charge in [0.1, 0.15) is 5.82 Å². The number of aryl methyl sites for hydroxylation is 1. The van der Waals surface area contributed by atoms with Gasteiger partial charge in [0.25, 0.3) is 0 Å². The molecule has 0 aliphatic rings. The van der Waals surface area contributed by atoms with Gasteiger partial charge in [0.15, 0.2) is 0 Å². The first-order valence-corrected chi connectivity index (χ1v) is 6.52. The Morgan fingerprint density at radius 3 is 2.76 bits per heavy atom. The summed E-state index contributed by atoms with van der Waals surface area (Å²) in [6, 6.07) is 14.7. The lowest BCUT2D eigenvalue weighted by atomic mass is 10.2. The summed E-state index contributed by atoms with van der Waals surface area (Å²) in [5.41, 5.74) is 2.42. The zero-order chi connectivity index (χ0) is 11.8. The molecule has 0 fully saturated rings. The number of hydrogen-bond acceptors (Lipinski definition) is 1. The molecule has 0 aliphatic heterocycles. The lowest BCUT2D eigenvalue weighted by Gasteiger charge is -2.06. The van der Waals surface area contributed by atoms with E-state index in [0.717, 1.165) is 5.82 Å². The van der Waals surface area contributed by atoms with Crippen molar-refractivity contribution in [1.29, 1.82) is 0 Å². The summed E-state index contributed by atoms with van der Waals surface area (Å²) in [5, 5.41) is 1.26. The molecule has 0 saturated carbocycles. The second-order valence-electron chi connectivity index (χ2n) is 4.01. The normalized spacial score (nSPS) is 10.9. The molecule has 0 N–H and O–H groups in total. The van der Waals surface area contributed by atoms with Crippen LogP contribution in [0.3, 0.4) is 0 Å². The fraction of sp³-hybridized carbons (Fsp3) is 0.0714. The minimum Gasteiger partial charge on any atom is -0.299 e. The number of pyridine rings is 1. The summed E-state index contributed by atoms with van der Waals surface area (Å²) < 4.78 is 3.44. The van der Waals surface area contributed by atoms with Crippen molar-refractivity contribution >= 4 is 33.5 Å². The van der Waals surface area contributed by atoms with Crippen molar-refractivity contribution in [3.63, 3.8) is 0 Å². The number of fused-ring (bicyclic) bond motifs is 1. The monoisotopic (exact) mass is 334 g/mol. The second-order valence-corrected chi connectivity index (χ2v) is 5.26. The molecule has 3 rings (SSSR count). The first-order valence-electron chi connectivity index (χ1n) is 5.45. The van der Waals surface area contributed by atoms with Crippen LogP contribution in [0, 0.1) is 10.5 Å². The molecule has 2 nitrogen and oxygen atoms in total. The van der Waals surface area contributed by atoms with Gasteiger partial charge in [-0.25, -0.2) is 4.98 Å². The minimum atomic E-state index is 0.973. The molecular formula is C14H11IN2.